The number of methoxy groups -OCH3 is 1. The van der Waals surface area contributed by atoms with Crippen LogP contribution in [0.3, 0.4) is 0 Å². The van der Waals surface area contributed by atoms with Crippen LogP contribution in [0.1, 0.15) is 49.7 Å². The Kier molecular flexibility index (Phi) is 6.21. The van der Waals surface area contributed by atoms with Gasteiger partial charge in [-0.2, -0.15) is 0 Å². The van der Waals surface area contributed by atoms with Crippen LogP contribution in [-0.2, 0) is 14.3 Å². The number of halogens is 1. The highest BCUT2D eigenvalue weighted by atomic mass is 19.1. The van der Waals surface area contributed by atoms with Crippen LogP contribution >= 0.6 is 0 Å². The molecule has 1 aliphatic carbocycles. The zero-order valence-corrected chi connectivity index (χ0v) is 18.4. The van der Waals surface area contributed by atoms with Gasteiger partial charge in [0.25, 0.3) is 0 Å². The van der Waals surface area contributed by atoms with Gasteiger partial charge in [-0.1, -0.05) is 30.3 Å². The number of aliphatic imine (C=N–C) groups is 1. The van der Waals surface area contributed by atoms with Crippen molar-refractivity contribution in [3.05, 3.63) is 76.7 Å². The summed E-state index contributed by atoms with van der Waals surface area (Å²) in [6.45, 7) is 3.67. The molecule has 0 spiro atoms. The third kappa shape index (κ3) is 3.97. The van der Waals surface area contributed by atoms with Gasteiger partial charge in [0.2, 0.25) is 0 Å². The van der Waals surface area contributed by atoms with Gasteiger partial charge in [0.15, 0.2) is 5.78 Å². The van der Waals surface area contributed by atoms with Gasteiger partial charge in [0, 0.05) is 29.3 Å². The van der Waals surface area contributed by atoms with Gasteiger partial charge >= 0.3 is 5.97 Å². The molecule has 0 saturated carbocycles. The first-order valence-electron chi connectivity index (χ1n) is 10.8. The zero-order chi connectivity index (χ0) is 22.8. The summed E-state index contributed by atoms with van der Waals surface area (Å²) in [5.41, 5.74) is 2.95. The van der Waals surface area contributed by atoms with Crippen LogP contribution in [0.2, 0.25) is 0 Å². The quantitative estimate of drug-likeness (QED) is 0.622. The second-order valence-corrected chi connectivity index (χ2v) is 8.14. The number of carbonyl (C=O) groups excluding carboxylic acids is 2. The summed E-state index contributed by atoms with van der Waals surface area (Å²) in [7, 11) is 1.61. The Hall–Kier alpha value is -3.28. The van der Waals surface area contributed by atoms with E-state index in [1.54, 1.807) is 39.2 Å². The van der Waals surface area contributed by atoms with Crippen LogP contribution in [0.25, 0.3) is 0 Å². The van der Waals surface area contributed by atoms with E-state index in [1.165, 1.54) is 6.07 Å². The predicted octanol–water partition coefficient (Wildman–Crippen LogP) is 4.97. The molecule has 0 aromatic heterocycles. The third-order valence-corrected chi connectivity index (χ3v) is 6.26. The molecule has 2 aromatic rings. The second kappa shape index (κ2) is 9.07. The van der Waals surface area contributed by atoms with Gasteiger partial charge in [0.1, 0.15) is 17.5 Å². The normalized spacial score (nSPS) is 22.8. The molecule has 0 N–H and O–H groups in total. The average Bonchev–Trinajstić information content (AvgIpc) is 2.78. The molecular formula is C26H26FNO4. The minimum atomic E-state index is -0.827. The lowest BCUT2D eigenvalue weighted by molar-refractivity contribution is -0.146. The number of rotatable bonds is 5. The van der Waals surface area contributed by atoms with E-state index in [0.29, 0.717) is 29.0 Å². The maximum Gasteiger partial charge on any atom is 0.315 e. The summed E-state index contributed by atoms with van der Waals surface area (Å²) in [4.78, 5) is 31.0. The molecule has 6 heteroatoms. The molecule has 0 bridgehead atoms. The summed E-state index contributed by atoms with van der Waals surface area (Å²) >= 11 is 0. The second-order valence-electron chi connectivity index (χ2n) is 8.14. The first kappa shape index (κ1) is 21.9. The number of ether oxygens (including phenoxy) is 2. The highest BCUT2D eigenvalue weighted by Gasteiger charge is 2.45. The monoisotopic (exact) mass is 435 g/mol. The van der Waals surface area contributed by atoms with Crippen molar-refractivity contribution in [3.63, 3.8) is 0 Å². The lowest BCUT2D eigenvalue weighted by atomic mass is 9.69. The number of ketones is 1. The number of nitrogens with zero attached hydrogens (tertiary/aromatic N) is 1. The highest BCUT2D eigenvalue weighted by Crippen LogP contribution is 2.47. The van der Waals surface area contributed by atoms with E-state index in [1.807, 2.05) is 24.3 Å². The Balaban J connectivity index is 1.78. The van der Waals surface area contributed by atoms with Crippen molar-refractivity contribution in [3.8, 4) is 5.75 Å². The van der Waals surface area contributed by atoms with E-state index in [2.05, 4.69) is 4.99 Å². The van der Waals surface area contributed by atoms with Crippen molar-refractivity contribution in [2.75, 3.05) is 13.7 Å². The Labute approximate surface area is 187 Å². The molecule has 3 atom stereocenters. The minimum Gasteiger partial charge on any atom is -0.497 e. The number of carbonyl (C=O) groups is 2. The molecule has 1 aliphatic heterocycles. The van der Waals surface area contributed by atoms with Crippen LogP contribution in [-0.4, -0.2) is 31.2 Å². The summed E-state index contributed by atoms with van der Waals surface area (Å²) < 4.78 is 25.4. The maximum atomic E-state index is 14.9. The van der Waals surface area contributed by atoms with E-state index in [-0.39, 0.29) is 24.7 Å². The third-order valence-electron chi connectivity index (χ3n) is 6.26. The van der Waals surface area contributed by atoms with E-state index in [9.17, 15) is 14.0 Å². The molecule has 32 heavy (non-hydrogen) atoms. The smallest absolute Gasteiger partial charge is 0.315 e. The Morgan fingerprint density at radius 1 is 1.12 bits per heavy atom. The molecule has 2 aromatic carbocycles. The number of allylic oxidation sites excluding steroid dienone is 2. The highest BCUT2D eigenvalue weighted by molar-refractivity contribution is 6.09. The summed E-state index contributed by atoms with van der Waals surface area (Å²) in [5, 5.41) is 0. The van der Waals surface area contributed by atoms with Crippen LogP contribution in [0.5, 0.6) is 5.75 Å². The van der Waals surface area contributed by atoms with E-state index in [4.69, 9.17) is 9.47 Å². The molecule has 1 unspecified atom stereocenters. The van der Waals surface area contributed by atoms with Crippen molar-refractivity contribution < 1.29 is 23.5 Å². The van der Waals surface area contributed by atoms with Gasteiger partial charge in [-0.15, -0.1) is 0 Å². The first-order chi connectivity index (χ1) is 15.4. The van der Waals surface area contributed by atoms with Crippen LogP contribution in [0, 0.1) is 11.7 Å². The standard InChI is InChI=1S/C26H26FNO4/c1-4-32-26(30)23-15(2)28-21-13-17(16-9-11-18(31-3)12-10-16)14-22(29)25(21)24(23)19-7-5-6-8-20(19)27/h5-12,17,23-24H,4,13-14H2,1-3H3/t17-,23?,24-/m1/s1. The largest absolute Gasteiger partial charge is 0.497 e. The molecule has 0 saturated heterocycles. The van der Waals surface area contributed by atoms with Gasteiger partial charge in [-0.25, -0.2) is 4.39 Å². The molecule has 5 nitrogen and oxygen atoms in total. The number of Topliss-reactive ketones (excluding diaryl/α,β-unsaturated/α-hetero) is 1. The van der Waals surface area contributed by atoms with Crippen molar-refractivity contribution >= 4 is 17.5 Å². The molecule has 166 valence electrons. The number of esters is 1. The van der Waals surface area contributed by atoms with Crippen molar-refractivity contribution in [1.82, 2.24) is 0 Å². The lowest BCUT2D eigenvalue weighted by Crippen LogP contribution is -2.38. The summed E-state index contributed by atoms with van der Waals surface area (Å²) in [6, 6.07) is 14.0. The molecule has 2 aliphatic rings. The lowest BCUT2D eigenvalue weighted by Gasteiger charge is -2.36. The van der Waals surface area contributed by atoms with Crippen LogP contribution in [0.4, 0.5) is 4.39 Å². The van der Waals surface area contributed by atoms with Crippen molar-refractivity contribution in [2.45, 2.75) is 38.5 Å². The number of hydrogen-bond acceptors (Lipinski definition) is 5. The van der Waals surface area contributed by atoms with Gasteiger partial charge in [-0.05, 0) is 55.5 Å². The molecular weight excluding hydrogens is 409 g/mol. The van der Waals surface area contributed by atoms with Gasteiger partial charge in [-0.3, -0.25) is 14.6 Å². The molecule has 0 amide bonds. The fourth-order valence-electron chi connectivity index (χ4n) is 4.77. The van der Waals surface area contributed by atoms with Gasteiger partial charge < -0.3 is 9.47 Å². The number of hydrogen-bond donors (Lipinski definition) is 0. The van der Waals surface area contributed by atoms with E-state index in [0.717, 1.165) is 11.3 Å². The fourth-order valence-corrected chi connectivity index (χ4v) is 4.77. The maximum absolute atomic E-state index is 14.9. The van der Waals surface area contributed by atoms with Crippen molar-refractivity contribution in [1.29, 1.82) is 0 Å². The predicted molar refractivity (Wildman–Crippen MR) is 119 cm³/mol. The Morgan fingerprint density at radius 3 is 2.50 bits per heavy atom. The molecule has 4 rings (SSSR count). The Morgan fingerprint density at radius 2 is 1.84 bits per heavy atom. The van der Waals surface area contributed by atoms with Crippen LogP contribution < -0.4 is 4.74 Å². The minimum absolute atomic E-state index is 0.0379. The number of benzene rings is 2. The van der Waals surface area contributed by atoms with Crippen molar-refractivity contribution in [2.24, 2.45) is 10.9 Å². The Bertz CT molecular complexity index is 1100. The SMILES string of the molecule is CCOC(=O)C1C(C)=NC2=C(C(=O)C[C@H](c3ccc(OC)cc3)C2)[C@@H]1c1ccccc1F. The summed E-state index contributed by atoms with van der Waals surface area (Å²) in [6.07, 6.45) is 0.825. The molecule has 0 radical (unpaired) electrons. The first-order valence-corrected chi connectivity index (χ1v) is 10.8. The topological polar surface area (TPSA) is 65.0 Å². The summed E-state index contributed by atoms with van der Waals surface area (Å²) in [5.74, 6) is -1.90. The molecule has 1 heterocycles. The molecule has 0 fully saturated rings. The van der Waals surface area contributed by atoms with E-state index >= 15 is 0 Å². The van der Waals surface area contributed by atoms with Crippen LogP contribution in [0.15, 0.2) is 64.8 Å². The zero-order valence-electron chi connectivity index (χ0n) is 18.4. The fraction of sp³-hybridized carbons (Fsp3) is 0.346. The van der Waals surface area contributed by atoms with E-state index < -0.39 is 23.6 Å². The van der Waals surface area contributed by atoms with Gasteiger partial charge in [0.05, 0.1) is 13.7 Å². The average molecular weight is 435 g/mol.